The first-order valence-electron chi connectivity index (χ1n) is 7.54. The number of amides is 1. The van der Waals surface area contributed by atoms with Crippen molar-refractivity contribution >= 4 is 11.6 Å². The summed E-state index contributed by atoms with van der Waals surface area (Å²) in [6.45, 7) is 0.633. The number of nitrogens with one attached hydrogen (secondary N) is 2. The summed E-state index contributed by atoms with van der Waals surface area (Å²) in [5.41, 5.74) is 9.75. The van der Waals surface area contributed by atoms with Gasteiger partial charge in [-0.05, 0) is 30.3 Å². The lowest BCUT2D eigenvalue weighted by Gasteiger charge is -2.10. The minimum absolute atomic E-state index is 0.0259. The molecule has 0 saturated carbocycles. The van der Waals surface area contributed by atoms with E-state index in [9.17, 15) is 9.90 Å². The molecular weight excluding hydrogens is 306 g/mol. The lowest BCUT2D eigenvalue weighted by molar-refractivity contribution is 0.0946. The van der Waals surface area contributed by atoms with E-state index in [4.69, 9.17) is 5.73 Å². The largest absolute Gasteiger partial charge is 0.506 e. The average molecular weight is 321 g/mol. The molecule has 3 heterocycles. The van der Waals surface area contributed by atoms with Gasteiger partial charge in [0.25, 0.3) is 5.91 Å². The first-order chi connectivity index (χ1) is 11.6. The van der Waals surface area contributed by atoms with Crippen LogP contribution < -0.4 is 11.1 Å². The summed E-state index contributed by atoms with van der Waals surface area (Å²) in [6, 6.07) is 8.43. The molecule has 0 saturated heterocycles. The minimum Gasteiger partial charge on any atom is -0.506 e. The van der Waals surface area contributed by atoms with Crippen molar-refractivity contribution < 1.29 is 9.90 Å². The van der Waals surface area contributed by atoms with Crippen LogP contribution in [0.25, 0.3) is 22.8 Å². The Morgan fingerprint density at radius 1 is 1.21 bits per heavy atom. The molecule has 1 aliphatic rings. The number of aromatic amines is 1. The predicted molar refractivity (Wildman–Crippen MR) is 89.4 cm³/mol. The number of nitrogen functional groups attached to an aromatic ring is 1. The van der Waals surface area contributed by atoms with Crippen molar-refractivity contribution in [3.05, 3.63) is 47.8 Å². The van der Waals surface area contributed by atoms with Crippen LogP contribution in [0, 0.1) is 0 Å². The lowest BCUT2D eigenvalue weighted by Crippen LogP contribution is -2.31. The molecular formula is C17H15N5O2. The van der Waals surface area contributed by atoms with E-state index in [0.29, 0.717) is 29.2 Å². The molecule has 0 aliphatic carbocycles. The van der Waals surface area contributed by atoms with Crippen molar-refractivity contribution in [2.75, 3.05) is 12.3 Å². The van der Waals surface area contributed by atoms with E-state index in [-0.39, 0.29) is 17.3 Å². The van der Waals surface area contributed by atoms with Crippen LogP contribution in [0.15, 0.2) is 36.5 Å². The fourth-order valence-corrected chi connectivity index (χ4v) is 2.77. The van der Waals surface area contributed by atoms with Crippen molar-refractivity contribution in [3.8, 4) is 28.5 Å². The van der Waals surface area contributed by atoms with Gasteiger partial charge in [0.05, 0.1) is 22.6 Å². The topological polar surface area (TPSA) is 117 Å². The van der Waals surface area contributed by atoms with Gasteiger partial charge in [-0.15, -0.1) is 0 Å². The monoisotopic (exact) mass is 321 g/mol. The molecule has 0 fully saturated rings. The molecule has 120 valence electrons. The van der Waals surface area contributed by atoms with Gasteiger partial charge in [-0.1, -0.05) is 0 Å². The maximum atomic E-state index is 11.9. The first-order valence-corrected chi connectivity index (χ1v) is 7.54. The summed E-state index contributed by atoms with van der Waals surface area (Å²) in [5.74, 6) is 0.452. The molecule has 7 nitrogen and oxygen atoms in total. The highest BCUT2D eigenvalue weighted by Gasteiger charge is 2.20. The zero-order valence-electron chi connectivity index (χ0n) is 12.7. The van der Waals surface area contributed by atoms with Crippen LogP contribution in [0.3, 0.4) is 0 Å². The van der Waals surface area contributed by atoms with E-state index >= 15 is 0 Å². The van der Waals surface area contributed by atoms with Gasteiger partial charge < -0.3 is 21.1 Å². The number of phenolic OH excluding ortho intramolecular Hbond substituents is 1. The van der Waals surface area contributed by atoms with Crippen LogP contribution in [0.4, 0.5) is 5.69 Å². The Labute approximate surface area is 137 Å². The van der Waals surface area contributed by atoms with E-state index in [1.54, 1.807) is 30.5 Å². The second-order valence-corrected chi connectivity index (χ2v) is 5.62. The third kappa shape index (κ3) is 2.36. The molecule has 0 radical (unpaired) electrons. The molecule has 0 bridgehead atoms. The summed E-state index contributed by atoms with van der Waals surface area (Å²) in [6.07, 6.45) is 2.42. The highest BCUT2D eigenvalue weighted by molar-refractivity contribution is 5.97. The highest BCUT2D eigenvalue weighted by atomic mass is 16.3. The van der Waals surface area contributed by atoms with Crippen LogP contribution in [-0.4, -0.2) is 32.5 Å². The van der Waals surface area contributed by atoms with Gasteiger partial charge >= 0.3 is 0 Å². The van der Waals surface area contributed by atoms with E-state index < -0.39 is 0 Å². The van der Waals surface area contributed by atoms with Crippen LogP contribution in [0.2, 0.25) is 0 Å². The zero-order valence-corrected chi connectivity index (χ0v) is 12.7. The second-order valence-electron chi connectivity index (χ2n) is 5.62. The number of hydrogen-bond donors (Lipinski definition) is 4. The van der Waals surface area contributed by atoms with Crippen molar-refractivity contribution in [1.82, 2.24) is 20.3 Å². The molecule has 7 heteroatoms. The standard InChI is InChI=1S/C17H15N5O2/c18-11-7-9(1-2-15(11)23)16-19-5-4-13(22-16)14-8-10-12(21-14)3-6-20-17(10)24/h1-2,4-5,7-8,21,23H,3,6,18H2,(H,20,24). The van der Waals surface area contributed by atoms with Crippen LogP contribution in [0.5, 0.6) is 5.75 Å². The lowest BCUT2D eigenvalue weighted by atomic mass is 10.1. The molecule has 1 aromatic carbocycles. The quantitative estimate of drug-likeness (QED) is 0.423. The number of fused-ring (bicyclic) bond motifs is 1. The number of aromatic nitrogens is 3. The Kier molecular flexibility index (Phi) is 3.19. The smallest absolute Gasteiger partial charge is 0.253 e. The minimum atomic E-state index is -0.0701. The number of hydrogen-bond acceptors (Lipinski definition) is 5. The van der Waals surface area contributed by atoms with Crippen LogP contribution >= 0.6 is 0 Å². The predicted octanol–water partition coefficient (Wildman–Crippen LogP) is 1.71. The van der Waals surface area contributed by atoms with E-state index in [2.05, 4.69) is 20.3 Å². The molecule has 1 aliphatic heterocycles. The van der Waals surface area contributed by atoms with E-state index in [1.165, 1.54) is 6.07 Å². The Hall–Kier alpha value is -3.35. The molecule has 5 N–H and O–H groups in total. The van der Waals surface area contributed by atoms with Gasteiger partial charge in [0.15, 0.2) is 5.82 Å². The summed E-state index contributed by atoms with van der Waals surface area (Å²) in [5, 5.41) is 12.4. The number of nitrogens with two attached hydrogens (primary N) is 1. The number of carbonyl (C=O) groups excluding carboxylic acids is 1. The Morgan fingerprint density at radius 2 is 2.08 bits per heavy atom. The number of nitrogens with zero attached hydrogens (tertiary/aromatic N) is 2. The number of H-pyrrole nitrogens is 1. The Balaban J connectivity index is 1.75. The van der Waals surface area contributed by atoms with Crippen molar-refractivity contribution in [2.45, 2.75) is 6.42 Å². The molecule has 0 spiro atoms. The number of anilines is 1. The molecule has 4 rings (SSSR count). The van der Waals surface area contributed by atoms with Gasteiger partial charge in [0, 0.05) is 30.4 Å². The summed E-state index contributed by atoms with van der Waals surface area (Å²) in [7, 11) is 0. The second kappa shape index (κ2) is 5.38. The number of benzene rings is 1. The molecule has 24 heavy (non-hydrogen) atoms. The molecule has 1 amide bonds. The third-order valence-corrected chi connectivity index (χ3v) is 4.02. The molecule has 0 atom stereocenters. The highest BCUT2D eigenvalue weighted by Crippen LogP contribution is 2.27. The van der Waals surface area contributed by atoms with E-state index in [1.807, 2.05) is 0 Å². The van der Waals surface area contributed by atoms with Gasteiger partial charge in [-0.3, -0.25) is 4.79 Å². The van der Waals surface area contributed by atoms with Gasteiger partial charge in [0.2, 0.25) is 0 Å². The first kappa shape index (κ1) is 14.3. The number of carbonyl (C=O) groups is 1. The number of rotatable bonds is 2. The molecule has 3 aromatic rings. The average Bonchev–Trinajstić information content (AvgIpc) is 3.03. The summed E-state index contributed by atoms with van der Waals surface area (Å²) < 4.78 is 0. The SMILES string of the molecule is Nc1cc(-c2nccc(-c3cc4c([nH]3)CCNC4=O)n2)ccc1O. The fourth-order valence-electron chi connectivity index (χ4n) is 2.77. The summed E-state index contributed by atoms with van der Waals surface area (Å²) in [4.78, 5) is 24.0. The Bertz CT molecular complexity index is 948. The van der Waals surface area contributed by atoms with Crippen molar-refractivity contribution in [3.63, 3.8) is 0 Å². The van der Waals surface area contributed by atoms with Gasteiger partial charge in [0.1, 0.15) is 5.75 Å². The Morgan fingerprint density at radius 3 is 2.88 bits per heavy atom. The van der Waals surface area contributed by atoms with Crippen molar-refractivity contribution in [2.24, 2.45) is 0 Å². The van der Waals surface area contributed by atoms with Gasteiger partial charge in [-0.2, -0.15) is 0 Å². The number of phenols is 1. The van der Waals surface area contributed by atoms with Crippen LogP contribution in [0.1, 0.15) is 16.1 Å². The fraction of sp³-hybridized carbons (Fsp3) is 0.118. The van der Waals surface area contributed by atoms with E-state index in [0.717, 1.165) is 17.8 Å². The summed E-state index contributed by atoms with van der Waals surface area (Å²) >= 11 is 0. The maximum absolute atomic E-state index is 11.9. The third-order valence-electron chi connectivity index (χ3n) is 4.02. The van der Waals surface area contributed by atoms with Crippen LogP contribution in [-0.2, 0) is 6.42 Å². The maximum Gasteiger partial charge on any atom is 0.253 e. The molecule has 2 aromatic heterocycles. The zero-order chi connectivity index (χ0) is 16.7. The van der Waals surface area contributed by atoms with Crippen molar-refractivity contribution in [1.29, 1.82) is 0 Å². The number of aromatic hydroxyl groups is 1. The normalized spacial score (nSPS) is 13.4. The van der Waals surface area contributed by atoms with Gasteiger partial charge in [-0.25, -0.2) is 9.97 Å². The molecule has 0 unspecified atom stereocenters.